The zero-order valence-corrected chi connectivity index (χ0v) is 19.4. The summed E-state index contributed by atoms with van der Waals surface area (Å²) in [6.45, 7) is 3.81. The minimum Gasteiger partial charge on any atom is -1.00 e. The minimum absolute atomic E-state index is 0. The number of benzene rings is 2. The van der Waals surface area contributed by atoms with Crippen molar-refractivity contribution in [1.29, 1.82) is 0 Å². The average Bonchev–Trinajstić information content (AvgIpc) is 3.45. The minimum atomic E-state index is -0.0478. The third-order valence-corrected chi connectivity index (χ3v) is 5.90. The quantitative estimate of drug-likeness (QED) is 0.286. The molecule has 4 rings (SSSR count). The number of nitrogens with zero attached hydrogens (tertiary/aromatic N) is 3. The van der Waals surface area contributed by atoms with Crippen LogP contribution in [0.4, 0.5) is 0 Å². The molecule has 1 fully saturated rings. The van der Waals surface area contributed by atoms with Crippen molar-refractivity contribution in [2.75, 3.05) is 13.2 Å². The van der Waals surface area contributed by atoms with Crippen molar-refractivity contribution in [3.63, 3.8) is 0 Å². The molecule has 0 amide bonds. The summed E-state index contributed by atoms with van der Waals surface area (Å²) >= 11 is 0. The highest BCUT2D eigenvalue weighted by Crippen LogP contribution is 2.30. The molecule has 172 valence electrons. The Morgan fingerprint density at radius 3 is 2.69 bits per heavy atom. The van der Waals surface area contributed by atoms with E-state index in [4.69, 9.17) is 20.7 Å². The van der Waals surface area contributed by atoms with Crippen molar-refractivity contribution < 1.29 is 26.2 Å². The first-order valence-electron chi connectivity index (χ1n) is 11.3. The zero-order valence-electron chi connectivity index (χ0n) is 18.6. The van der Waals surface area contributed by atoms with E-state index in [0.717, 1.165) is 54.5 Å². The van der Waals surface area contributed by atoms with E-state index in [0.29, 0.717) is 17.7 Å². The predicted molar refractivity (Wildman–Crippen MR) is 122 cm³/mol. The van der Waals surface area contributed by atoms with Crippen LogP contribution in [-0.2, 0) is 0 Å². The number of unbranched alkanes of at least 4 members (excludes halogenated alkanes) is 4. The third kappa shape index (κ3) is 5.51. The van der Waals surface area contributed by atoms with Crippen LogP contribution < -0.4 is 28.6 Å². The van der Waals surface area contributed by atoms with Gasteiger partial charge in [-0.05, 0) is 48.2 Å². The Bertz CT molecular complexity index is 1060. The second-order valence-electron chi connectivity index (χ2n) is 8.22. The van der Waals surface area contributed by atoms with Crippen LogP contribution in [0, 0.1) is 0 Å². The summed E-state index contributed by atoms with van der Waals surface area (Å²) in [6.07, 6.45) is 8.08. The summed E-state index contributed by atoms with van der Waals surface area (Å²) in [5.41, 5.74) is 12.5. The van der Waals surface area contributed by atoms with E-state index in [-0.39, 0.29) is 18.4 Å². The number of fused-ring (bicyclic) bond motifs is 1. The van der Waals surface area contributed by atoms with Crippen LogP contribution >= 0.6 is 0 Å². The number of aromatic nitrogens is 2. The number of nitrogens with two attached hydrogens (primary N) is 2. The molecule has 1 saturated heterocycles. The molecule has 1 aliphatic heterocycles. The van der Waals surface area contributed by atoms with Crippen molar-refractivity contribution in [3.05, 3.63) is 42.3 Å². The Morgan fingerprint density at radius 2 is 1.88 bits per heavy atom. The molecule has 1 atom stereocenters. The number of halogens is 1. The highest BCUT2D eigenvalue weighted by molar-refractivity contribution is 5.87. The maximum atomic E-state index is 5.93. The largest absolute Gasteiger partial charge is 1.00 e. The maximum Gasteiger partial charge on any atom is 0.341 e. The van der Waals surface area contributed by atoms with Crippen LogP contribution in [0.3, 0.4) is 0 Å². The average molecular weight is 458 g/mol. The molecule has 0 radical (unpaired) electrons. The summed E-state index contributed by atoms with van der Waals surface area (Å²) in [5, 5.41) is 6.43. The summed E-state index contributed by atoms with van der Waals surface area (Å²) < 4.78 is 13.4. The lowest BCUT2D eigenvalue weighted by Crippen LogP contribution is -3.00. The van der Waals surface area contributed by atoms with Gasteiger partial charge in [0.25, 0.3) is 5.89 Å². The van der Waals surface area contributed by atoms with Gasteiger partial charge in [0.1, 0.15) is 5.75 Å². The predicted octanol–water partition coefficient (Wildman–Crippen LogP) is 1.36. The normalized spacial score (nSPS) is 15.7. The van der Waals surface area contributed by atoms with E-state index in [1.807, 2.05) is 16.7 Å². The molecule has 2 heterocycles. The monoisotopic (exact) mass is 457 g/mol. The molecule has 1 aromatic heterocycles. The van der Waals surface area contributed by atoms with Crippen molar-refractivity contribution >= 4 is 16.7 Å². The molecule has 1 aliphatic rings. The molecule has 2 aromatic carbocycles. The lowest BCUT2D eigenvalue weighted by atomic mass is 10.1. The SMILES string of the molecule is CCCCCCCOc1ccc2cc(-c3noc([C@@H]4CCC[N+]4=C(N)N)n3)ccc2c1.[Cl-]. The molecule has 7 nitrogen and oxygen atoms in total. The highest BCUT2D eigenvalue weighted by atomic mass is 35.5. The smallest absolute Gasteiger partial charge is 0.341 e. The first-order chi connectivity index (χ1) is 15.2. The van der Waals surface area contributed by atoms with E-state index in [1.165, 1.54) is 25.7 Å². The van der Waals surface area contributed by atoms with Gasteiger partial charge in [0.15, 0.2) is 6.04 Å². The molecular formula is C24H32ClN5O2. The number of rotatable bonds is 9. The third-order valence-electron chi connectivity index (χ3n) is 5.90. The van der Waals surface area contributed by atoms with Gasteiger partial charge in [-0.2, -0.15) is 4.98 Å². The van der Waals surface area contributed by atoms with Gasteiger partial charge < -0.3 is 21.7 Å². The van der Waals surface area contributed by atoms with Gasteiger partial charge in [-0.15, -0.1) is 0 Å². The van der Waals surface area contributed by atoms with E-state index >= 15 is 0 Å². The number of guanidine groups is 1. The molecule has 0 spiro atoms. The lowest BCUT2D eigenvalue weighted by molar-refractivity contribution is -0.555. The molecular weight excluding hydrogens is 426 g/mol. The van der Waals surface area contributed by atoms with Crippen LogP contribution in [0.25, 0.3) is 22.2 Å². The van der Waals surface area contributed by atoms with Gasteiger partial charge >= 0.3 is 5.96 Å². The summed E-state index contributed by atoms with van der Waals surface area (Å²) in [4.78, 5) is 4.62. The number of ether oxygens (including phenoxy) is 1. The summed E-state index contributed by atoms with van der Waals surface area (Å²) in [6, 6.07) is 12.3. The highest BCUT2D eigenvalue weighted by Gasteiger charge is 2.31. The Balaban J connectivity index is 0.00000289. The van der Waals surface area contributed by atoms with Crippen LogP contribution in [-0.4, -0.2) is 33.8 Å². The van der Waals surface area contributed by atoms with Gasteiger partial charge in [0, 0.05) is 5.56 Å². The summed E-state index contributed by atoms with van der Waals surface area (Å²) in [5.74, 6) is 2.34. The van der Waals surface area contributed by atoms with Gasteiger partial charge in [-0.1, -0.05) is 56.0 Å². The number of hydrogen-bond donors (Lipinski definition) is 2. The van der Waals surface area contributed by atoms with Crippen molar-refractivity contribution in [2.45, 2.75) is 57.9 Å². The number of hydrogen-bond acceptors (Lipinski definition) is 4. The van der Waals surface area contributed by atoms with Crippen molar-refractivity contribution in [2.24, 2.45) is 11.5 Å². The van der Waals surface area contributed by atoms with Crippen LogP contribution in [0.15, 0.2) is 40.9 Å². The molecule has 8 heteroatoms. The fourth-order valence-corrected chi connectivity index (χ4v) is 4.17. The fraction of sp³-hybridized carbons (Fsp3) is 0.458. The van der Waals surface area contributed by atoms with Gasteiger partial charge in [0.2, 0.25) is 5.82 Å². The molecule has 0 bridgehead atoms. The first kappa shape index (κ1) is 23.9. The summed E-state index contributed by atoms with van der Waals surface area (Å²) in [7, 11) is 0. The van der Waals surface area contributed by atoms with Crippen molar-refractivity contribution in [3.8, 4) is 17.1 Å². The fourth-order valence-electron chi connectivity index (χ4n) is 4.17. The van der Waals surface area contributed by atoms with Gasteiger partial charge in [-0.3, -0.25) is 16.0 Å². The second kappa shape index (κ2) is 11.2. The van der Waals surface area contributed by atoms with Crippen molar-refractivity contribution in [1.82, 2.24) is 10.1 Å². The second-order valence-corrected chi connectivity index (χ2v) is 8.22. The lowest BCUT2D eigenvalue weighted by Gasteiger charge is -2.08. The molecule has 4 N–H and O–H groups in total. The first-order valence-corrected chi connectivity index (χ1v) is 11.3. The Kier molecular flexibility index (Phi) is 8.33. The van der Waals surface area contributed by atoms with E-state index in [2.05, 4.69) is 41.3 Å². The molecule has 3 aromatic rings. The van der Waals surface area contributed by atoms with Gasteiger partial charge in [-0.25, -0.2) is 0 Å². The molecule has 0 saturated carbocycles. The maximum absolute atomic E-state index is 5.93. The molecule has 0 aliphatic carbocycles. The van der Waals surface area contributed by atoms with Crippen LogP contribution in [0.5, 0.6) is 5.75 Å². The topological polar surface area (TPSA) is 103 Å². The van der Waals surface area contributed by atoms with Crippen LogP contribution in [0.1, 0.15) is 63.8 Å². The Hall–Kier alpha value is -2.80. The zero-order chi connectivity index (χ0) is 21.6. The van der Waals surface area contributed by atoms with Crippen LogP contribution in [0.2, 0.25) is 0 Å². The Labute approximate surface area is 195 Å². The van der Waals surface area contributed by atoms with Gasteiger partial charge in [0.05, 0.1) is 13.2 Å². The van der Waals surface area contributed by atoms with E-state index in [9.17, 15) is 0 Å². The molecule has 0 unspecified atom stereocenters. The standard InChI is InChI=1S/C24H31N5O2.ClH/c1-2-3-4-5-6-14-30-20-12-11-17-15-19(10-9-18(17)16-20)22-27-23(31-28-22)21-8-7-13-29(21)24(25)26;/h9-12,15-16,21H,2-8,13-14H2,1H3,(H3,25,26);1H/t21-;/m0./s1. The molecule has 32 heavy (non-hydrogen) atoms. The Morgan fingerprint density at radius 1 is 1.09 bits per heavy atom. The van der Waals surface area contributed by atoms with E-state index in [1.54, 1.807) is 0 Å². The van der Waals surface area contributed by atoms with E-state index < -0.39 is 0 Å².